The molecular weight excluding hydrogens is 252 g/mol. The molecule has 0 aliphatic heterocycles. The number of aromatic carboxylic acids is 1. The van der Waals surface area contributed by atoms with Crippen molar-refractivity contribution in [3.8, 4) is 6.07 Å². The molecule has 0 bridgehead atoms. The largest absolute Gasteiger partial charge is 0.478 e. The summed E-state index contributed by atoms with van der Waals surface area (Å²) in [5.41, 5.74) is 3.45. The third-order valence-electron chi connectivity index (χ3n) is 2.97. The van der Waals surface area contributed by atoms with Crippen molar-refractivity contribution in [1.29, 1.82) is 5.26 Å². The zero-order chi connectivity index (χ0) is 14.5. The van der Waals surface area contributed by atoms with Crippen LogP contribution in [0.3, 0.4) is 0 Å². The van der Waals surface area contributed by atoms with Crippen LogP contribution >= 0.6 is 0 Å². The van der Waals surface area contributed by atoms with Gasteiger partial charge in [0, 0.05) is 12.2 Å². The van der Waals surface area contributed by atoms with Gasteiger partial charge in [-0.1, -0.05) is 18.2 Å². The Balaban J connectivity index is 2.15. The molecule has 20 heavy (non-hydrogen) atoms. The smallest absolute Gasteiger partial charge is 0.337 e. The third-order valence-corrected chi connectivity index (χ3v) is 2.97. The van der Waals surface area contributed by atoms with Gasteiger partial charge in [0.2, 0.25) is 0 Å². The van der Waals surface area contributed by atoms with Gasteiger partial charge in [-0.3, -0.25) is 0 Å². The van der Waals surface area contributed by atoms with E-state index in [4.69, 9.17) is 10.4 Å². The zero-order valence-corrected chi connectivity index (χ0v) is 11.1. The molecule has 0 fully saturated rings. The first-order chi connectivity index (χ1) is 9.60. The maximum absolute atomic E-state index is 11.2. The highest BCUT2D eigenvalue weighted by Crippen LogP contribution is 2.18. The van der Waals surface area contributed by atoms with Gasteiger partial charge in [-0.05, 0) is 42.3 Å². The Bertz CT molecular complexity index is 670. The molecule has 2 aromatic carbocycles. The molecule has 0 aliphatic rings. The average molecular weight is 266 g/mol. The van der Waals surface area contributed by atoms with Crippen LogP contribution in [0.2, 0.25) is 0 Å². The number of carboxylic acid groups (broad SMARTS) is 1. The quantitative estimate of drug-likeness (QED) is 0.891. The van der Waals surface area contributed by atoms with Crippen molar-refractivity contribution < 1.29 is 9.90 Å². The highest BCUT2D eigenvalue weighted by molar-refractivity contribution is 5.94. The molecule has 0 aliphatic carbocycles. The summed E-state index contributed by atoms with van der Waals surface area (Å²) < 4.78 is 0. The number of carboxylic acids is 1. The van der Waals surface area contributed by atoms with Gasteiger partial charge in [0.1, 0.15) is 0 Å². The summed E-state index contributed by atoms with van der Waals surface area (Å²) in [5, 5.41) is 21.0. The van der Waals surface area contributed by atoms with Crippen molar-refractivity contribution in [1.82, 2.24) is 0 Å². The van der Waals surface area contributed by atoms with Gasteiger partial charge in [0.05, 0.1) is 17.2 Å². The lowest BCUT2D eigenvalue weighted by atomic mass is 10.1. The second-order valence-electron chi connectivity index (χ2n) is 4.52. The Hall–Kier alpha value is -2.80. The van der Waals surface area contributed by atoms with E-state index in [9.17, 15) is 4.79 Å². The standard InChI is InChI=1S/C16H14N2O2/c1-11-2-7-14(16(19)20)15(8-11)18-10-13-5-3-12(9-17)4-6-13/h2-8,18H,10H2,1H3,(H,19,20). The van der Waals surface area contributed by atoms with Crippen LogP contribution in [0.4, 0.5) is 5.69 Å². The Morgan fingerprint density at radius 2 is 1.95 bits per heavy atom. The lowest BCUT2D eigenvalue weighted by molar-refractivity contribution is 0.0698. The van der Waals surface area contributed by atoms with Crippen LogP contribution in [0.5, 0.6) is 0 Å². The van der Waals surface area contributed by atoms with E-state index in [2.05, 4.69) is 11.4 Å². The highest BCUT2D eigenvalue weighted by Gasteiger charge is 2.09. The van der Waals surface area contributed by atoms with Gasteiger partial charge in [0.15, 0.2) is 0 Å². The molecule has 2 N–H and O–H groups in total. The fourth-order valence-corrected chi connectivity index (χ4v) is 1.89. The first kappa shape index (κ1) is 13.6. The Morgan fingerprint density at radius 3 is 2.55 bits per heavy atom. The monoisotopic (exact) mass is 266 g/mol. The summed E-state index contributed by atoms with van der Waals surface area (Å²) in [7, 11) is 0. The first-order valence-corrected chi connectivity index (χ1v) is 6.17. The third kappa shape index (κ3) is 3.15. The van der Waals surface area contributed by atoms with Crippen molar-refractivity contribution in [2.45, 2.75) is 13.5 Å². The van der Waals surface area contributed by atoms with Crippen molar-refractivity contribution >= 4 is 11.7 Å². The van der Waals surface area contributed by atoms with Crippen LogP contribution in [0.25, 0.3) is 0 Å². The fraction of sp³-hybridized carbons (Fsp3) is 0.125. The molecule has 0 amide bonds. The number of hydrogen-bond acceptors (Lipinski definition) is 3. The minimum Gasteiger partial charge on any atom is -0.478 e. The molecule has 0 spiro atoms. The van der Waals surface area contributed by atoms with E-state index in [1.165, 1.54) is 0 Å². The lowest BCUT2D eigenvalue weighted by Gasteiger charge is -2.10. The Morgan fingerprint density at radius 1 is 1.25 bits per heavy atom. The predicted octanol–water partition coefficient (Wildman–Crippen LogP) is 3.18. The van der Waals surface area contributed by atoms with Crippen molar-refractivity contribution in [2.24, 2.45) is 0 Å². The number of anilines is 1. The molecule has 0 atom stereocenters. The normalized spacial score (nSPS) is 9.80. The number of nitrogens with zero attached hydrogens (tertiary/aromatic N) is 1. The van der Waals surface area contributed by atoms with Gasteiger partial charge in [0.25, 0.3) is 0 Å². The van der Waals surface area contributed by atoms with E-state index in [1.54, 1.807) is 24.3 Å². The lowest BCUT2D eigenvalue weighted by Crippen LogP contribution is -2.06. The minimum atomic E-state index is -0.952. The maximum Gasteiger partial charge on any atom is 0.337 e. The Labute approximate surface area is 117 Å². The van der Waals surface area contributed by atoms with Gasteiger partial charge in [-0.25, -0.2) is 4.79 Å². The highest BCUT2D eigenvalue weighted by atomic mass is 16.4. The molecule has 0 aromatic heterocycles. The number of benzene rings is 2. The first-order valence-electron chi connectivity index (χ1n) is 6.17. The number of hydrogen-bond donors (Lipinski definition) is 2. The molecule has 0 heterocycles. The van der Waals surface area contributed by atoms with Crippen LogP contribution in [-0.2, 0) is 6.54 Å². The minimum absolute atomic E-state index is 0.254. The fourth-order valence-electron chi connectivity index (χ4n) is 1.89. The molecule has 0 unspecified atom stereocenters. The van der Waals surface area contributed by atoms with Crippen molar-refractivity contribution in [3.05, 3.63) is 64.7 Å². The van der Waals surface area contributed by atoms with E-state index in [0.717, 1.165) is 11.1 Å². The van der Waals surface area contributed by atoms with E-state index in [0.29, 0.717) is 17.8 Å². The van der Waals surface area contributed by atoms with Crippen LogP contribution in [0.15, 0.2) is 42.5 Å². The van der Waals surface area contributed by atoms with Gasteiger partial charge >= 0.3 is 5.97 Å². The molecule has 100 valence electrons. The van der Waals surface area contributed by atoms with Crippen LogP contribution in [0.1, 0.15) is 27.0 Å². The molecule has 0 saturated carbocycles. The molecule has 4 nitrogen and oxygen atoms in total. The summed E-state index contributed by atoms with van der Waals surface area (Å²) in [6.45, 7) is 2.42. The van der Waals surface area contributed by atoms with Crippen LogP contribution in [0, 0.1) is 18.3 Å². The van der Waals surface area contributed by atoms with Crippen LogP contribution < -0.4 is 5.32 Å². The maximum atomic E-state index is 11.2. The summed E-state index contributed by atoms with van der Waals surface area (Å²) in [6, 6.07) is 14.4. The molecule has 4 heteroatoms. The topological polar surface area (TPSA) is 73.1 Å². The molecule has 2 aromatic rings. The number of rotatable bonds is 4. The SMILES string of the molecule is Cc1ccc(C(=O)O)c(NCc2ccc(C#N)cc2)c1. The Kier molecular flexibility index (Phi) is 4.02. The zero-order valence-electron chi connectivity index (χ0n) is 11.1. The van der Waals surface area contributed by atoms with Gasteiger partial charge < -0.3 is 10.4 Å². The van der Waals surface area contributed by atoms with Crippen molar-refractivity contribution in [2.75, 3.05) is 5.32 Å². The number of aryl methyl sites for hydroxylation is 1. The molecular formula is C16H14N2O2. The van der Waals surface area contributed by atoms with E-state index >= 15 is 0 Å². The van der Waals surface area contributed by atoms with Crippen LogP contribution in [-0.4, -0.2) is 11.1 Å². The predicted molar refractivity (Wildman–Crippen MR) is 76.6 cm³/mol. The number of carbonyl (C=O) groups is 1. The average Bonchev–Trinajstić information content (AvgIpc) is 2.45. The molecule has 0 saturated heterocycles. The second kappa shape index (κ2) is 5.89. The number of nitriles is 1. The van der Waals surface area contributed by atoms with E-state index in [1.807, 2.05) is 25.1 Å². The van der Waals surface area contributed by atoms with Crippen molar-refractivity contribution in [3.63, 3.8) is 0 Å². The van der Waals surface area contributed by atoms with Gasteiger partial charge in [-0.15, -0.1) is 0 Å². The molecule has 2 rings (SSSR count). The summed E-state index contributed by atoms with van der Waals surface area (Å²) >= 11 is 0. The molecule has 0 radical (unpaired) electrons. The second-order valence-corrected chi connectivity index (χ2v) is 4.52. The summed E-state index contributed by atoms with van der Waals surface area (Å²) in [4.78, 5) is 11.2. The summed E-state index contributed by atoms with van der Waals surface area (Å²) in [6.07, 6.45) is 0. The van der Waals surface area contributed by atoms with E-state index in [-0.39, 0.29) is 5.56 Å². The van der Waals surface area contributed by atoms with E-state index < -0.39 is 5.97 Å². The number of nitrogens with one attached hydrogen (secondary N) is 1. The van der Waals surface area contributed by atoms with Gasteiger partial charge in [-0.2, -0.15) is 5.26 Å². The summed E-state index contributed by atoms with van der Waals surface area (Å²) in [5.74, 6) is -0.952.